The van der Waals surface area contributed by atoms with Gasteiger partial charge in [0.25, 0.3) is 0 Å². The quantitative estimate of drug-likeness (QED) is 0.831. The number of anilines is 2. The Bertz CT molecular complexity index is 421. The fourth-order valence-corrected chi connectivity index (χ4v) is 3.15. The first-order valence-electron chi connectivity index (χ1n) is 6.44. The molecule has 2 atom stereocenters. The number of rotatable bonds is 1. The summed E-state index contributed by atoms with van der Waals surface area (Å²) in [5.74, 6) is 1.96. The van der Waals surface area contributed by atoms with E-state index in [-0.39, 0.29) is 0 Å². The van der Waals surface area contributed by atoms with Gasteiger partial charge in [0.1, 0.15) is 0 Å². The van der Waals surface area contributed by atoms with Gasteiger partial charge in [-0.15, -0.1) is 0 Å². The van der Waals surface area contributed by atoms with E-state index in [2.05, 4.69) is 22.1 Å². The lowest BCUT2D eigenvalue weighted by Crippen LogP contribution is -2.49. The van der Waals surface area contributed by atoms with Crippen LogP contribution in [0, 0.1) is 5.92 Å². The molecule has 0 saturated carbocycles. The second-order valence-electron chi connectivity index (χ2n) is 5.05. The first-order valence-corrected chi connectivity index (χ1v) is 6.81. The van der Waals surface area contributed by atoms with Crippen LogP contribution in [-0.2, 0) is 0 Å². The number of pyridine rings is 1. The van der Waals surface area contributed by atoms with Crippen molar-refractivity contribution in [1.82, 2.24) is 4.98 Å². The highest BCUT2D eigenvalue weighted by molar-refractivity contribution is 6.30. The van der Waals surface area contributed by atoms with Gasteiger partial charge in [-0.2, -0.15) is 0 Å². The summed E-state index contributed by atoms with van der Waals surface area (Å²) in [6.07, 6.45) is 5.62. The highest BCUT2D eigenvalue weighted by Crippen LogP contribution is 2.36. The maximum absolute atomic E-state index is 5.98. The third-order valence-electron chi connectivity index (χ3n) is 4.04. The summed E-state index contributed by atoms with van der Waals surface area (Å²) in [5, 5.41) is 4.17. The minimum Gasteiger partial charge on any atom is -0.380 e. The molecule has 0 radical (unpaired) electrons. The van der Waals surface area contributed by atoms with Crippen LogP contribution >= 0.6 is 11.6 Å². The molecule has 0 aromatic carbocycles. The van der Waals surface area contributed by atoms with Gasteiger partial charge in [-0.25, -0.2) is 4.98 Å². The Balaban J connectivity index is 1.87. The van der Waals surface area contributed by atoms with E-state index >= 15 is 0 Å². The number of piperidine rings is 1. The molecule has 2 aliphatic rings. The number of nitrogens with zero attached hydrogens (tertiary/aromatic N) is 2. The van der Waals surface area contributed by atoms with Crippen LogP contribution in [0.3, 0.4) is 0 Å². The Morgan fingerprint density at radius 1 is 1.59 bits per heavy atom. The topological polar surface area (TPSA) is 28.2 Å². The first kappa shape index (κ1) is 11.1. The second-order valence-corrected chi connectivity index (χ2v) is 5.49. The van der Waals surface area contributed by atoms with E-state index in [9.17, 15) is 0 Å². The van der Waals surface area contributed by atoms with Crippen LogP contribution in [0.2, 0.25) is 5.02 Å². The van der Waals surface area contributed by atoms with Gasteiger partial charge in [0.05, 0.1) is 10.7 Å². The summed E-state index contributed by atoms with van der Waals surface area (Å²) in [4.78, 5) is 6.94. The van der Waals surface area contributed by atoms with Gasteiger partial charge >= 0.3 is 0 Å². The van der Waals surface area contributed by atoms with Crippen molar-refractivity contribution < 1.29 is 0 Å². The zero-order chi connectivity index (χ0) is 11.8. The van der Waals surface area contributed by atoms with E-state index in [4.69, 9.17) is 11.6 Å². The van der Waals surface area contributed by atoms with Crippen molar-refractivity contribution in [3.63, 3.8) is 0 Å². The summed E-state index contributed by atoms with van der Waals surface area (Å²) in [6, 6.07) is 2.58. The lowest BCUT2D eigenvalue weighted by atomic mass is 9.88. The molecule has 1 saturated heterocycles. The van der Waals surface area contributed by atoms with Crippen molar-refractivity contribution in [1.29, 1.82) is 0 Å². The SMILES string of the molecule is CCC1CCN2c3ncc(Cl)cc3NCC2C1. The fourth-order valence-electron chi connectivity index (χ4n) is 3.00. The van der Waals surface area contributed by atoms with E-state index in [1.54, 1.807) is 6.20 Å². The van der Waals surface area contributed by atoms with Crippen LogP contribution in [0.5, 0.6) is 0 Å². The normalized spacial score (nSPS) is 27.1. The molecule has 92 valence electrons. The molecule has 3 rings (SSSR count). The van der Waals surface area contributed by atoms with E-state index < -0.39 is 0 Å². The average molecular weight is 252 g/mol. The Morgan fingerprint density at radius 3 is 3.29 bits per heavy atom. The van der Waals surface area contributed by atoms with Gasteiger partial charge in [-0.1, -0.05) is 24.9 Å². The molecule has 0 amide bonds. The van der Waals surface area contributed by atoms with Crippen molar-refractivity contribution in [2.45, 2.75) is 32.2 Å². The molecule has 3 heterocycles. The van der Waals surface area contributed by atoms with Crippen LogP contribution in [0.25, 0.3) is 0 Å². The van der Waals surface area contributed by atoms with Gasteiger partial charge in [0.2, 0.25) is 0 Å². The number of nitrogens with one attached hydrogen (secondary N) is 1. The van der Waals surface area contributed by atoms with Crippen LogP contribution in [0.1, 0.15) is 26.2 Å². The summed E-state index contributed by atoms with van der Waals surface area (Å²) in [6.45, 7) is 4.44. The molecule has 3 nitrogen and oxygen atoms in total. The highest BCUT2D eigenvalue weighted by atomic mass is 35.5. The number of aromatic nitrogens is 1. The standard InChI is InChI=1S/C13H18ClN3/c1-2-9-3-4-17-11(5-9)8-15-12-6-10(14)7-16-13(12)17/h6-7,9,11,15H,2-5,8H2,1H3. The number of fused-ring (bicyclic) bond motifs is 3. The van der Waals surface area contributed by atoms with Gasteiger partial charge in [-0.3, -0.25) is 0 Å². The van der Waals surface area contributed by atoms with Crippen LogP contribution in [-0.4, -0.2) is 24.1 Å². The Kier molecular flexibility index (Phi) is 2.87. The maximum atomic E-state index is 5.98. The minimum absolute atomic E-state index is 0.606. The monoisotopic (exact) mass is 251 g/mol. The van der Waals surface area contributed by atoms with Crippen molar-refractivity contribution in [2.75, 3.05) is 23.3 Å². The summed E-state index contributed by atoms with van der Waals surface area (Å²) in [5.41, 5.74) is 1.09. The summed E-state index contributed by atoms with van der Waals surface area (Å²) >= 11 is 5.98. The third-order valence-corrected chi connectivity index (χ3v) is 4.24. The number of hydrogen-bond acceptors (Lipinski definition) is 3. The molecule has 0 spiro atoms. The summed E-state index contributed by atoms with van der Waals surface area (Å²) in [7, 11) is 0. The molecule has 0 aliphatic carbocycles. The molecule has 2 unspecified atom stereocenters. The second kappa shape index (κ2) is 4.37. The molecule has 1 aromatic heterocycles. The molecular formula is C13H18ClN3. The van der Waals surface area contributed by atoms with Crippen LogP contribution in [0.4, 0.5) is 11.5 Å². The minimum atomic E-state index is 0.606. The molecule has 1 aromatic rings. The molecule has 4 heteroatoms. The lowest BCUT2D eigenvalue weighted by molar-refractivity contribution is 0.334. The molecule has 1 fully saturated rings. The molecule has 0 bridgehead atoms. The zero-order valence-electron chi connectivity index (χ0n) is 10.1. The smallest absolute Gasteiger partial charge is 0.152 e. The Labute approximate surface area is 107 Å². The highest BCUT2D eigenvalue weighted by Gasteiger charge is 2.32. The Morgan fingerprint density at radius 2 is 2.47 bits per heavy atom. The third kappa shape index (κ3) is 1.97. The van der Waals surface area contributed by atoms with E-state index in [0.717, 1.165) is 30.5 Å². The fraction of sp³-hybridized carbons (Fsp3) is 0.615. The van der Waals surface area contributed by atoms with Crippen molar-refractivity contribution in [2.24, 2.45) is 5.92 Å². The van der Waals surface area contributed by atoms with Crippen molar-refractivity contribution >= 4 is 23.1 Å². The zero-order valence-corrected chi connectivity index (χ0v) is 10.9. The van der Waals surface area contributed by atoms with Gasteiger partial charge in [-0.05, 0) is 24.8 Å². The lowest BCUT2D eigenvalue weighted by Gasteiger charge is -2.44. The van der Waals surface area contributed by atoms with E-state index in [0.29, 0.717) is 11.1 Å². The largest absolute Gasteiger partial charge is 0.380 e. The molecule has 17 heavy (non-hydrogen) atoms. The van der Waals surface area contributed by atoms with Crippen molar-refractivity contribution in [3.05, 3.63) is 17.3 Å². The average Bonchev–Trinajstić information content (AvgIpc) is 2.37. The first-order chi connectivity index (χ1) is 8.28. The van der Waals surface area contributed by atoms with E-state index in [1.165, 1.54) is 19.3 Å². The van der Waals surface area contributed by atoms with Crippen LogP contribution in [0.15, 0.2) is 12.3 Å². The maximum Gasteiger partial charge on any atom is 0.152 e. The van der Waals surface area contributed by atoms with Gasteiger partial charge in [0, 0.05) is 25.3 Å². The summed E-state index contributed by atoms with van der Waals surface area (Å²) < 4.78 is 0. The number of halogens is 1. The van der Waals surface area contributed by atoms with Crippen molar-refractivity contribution in [3.8, 4) is 0 Å². The van der Waals surface area contributed by atoms with Gasteiger partial charge < -0.3 is 10.2 Å². The predicted octanol–water partition coefficient (Wildman–Crippen LogP) is 3.16. The molecular weight excluding hydrogens is 234 g/mol. The number of hydrogen-bond donors (Lipinski definition) is 1. The molecule has 2 aliphatic heterocycles. The van der Waals surface area contributed by atoms with E-state index in [1.807, 2.05) is 6.07 Å². The Hall–Kier alpha value is -0.960. The van der Waals surface area contributed by atoms with Gasteiger partial charge in [0.15, 0.2) is 5.82 Å². The molecule has 1 N–H and O–H groups in total. The predicted molar refractivity (Wildman–Crippen MR) is 71.9 cm³/mol. The van der Waals surface area contributed by atoms with Crippen LogP contribution < -0.4 is 10.2 Å².